The van der Waals surface area contributed by atoms with Crippen molar-refractivity contribution in [2.75, 3.05) is 18.5 Å². The molecule has 0 saturated carbocycles. The maximum absolute atomic E-state index is 11.5. The van der Waals surface area contributed by atoms with Gasteiger partial charge in [-0.25, -0.2) is 19.7 Å². The van der Waals surface area contributed by atoms with Crippen LogP contribution in [0.15, 0.2) is 43.0 Å². The number of fused-ring (bicyclic) bond motifs is 1. The Hall–Kier alpha value is -3.28. The summed E-state index contributed by atoms with van der Waals surface area (Å²) in [6.07, 6.45) is -2.09. The number of hydrogen-bond acceptors (Lipinski definition) is 9. The number of alkyl carbamates (subject to hydrolysis) is 1. The number of carbonyl (C=O) groups is 1. The highest BCUT2D eigenvalue weighted by molar-refractivity contribution is 5.82. The van der Waals surface area contributed by atoms with Gasteiger partial charge in [-0.3, -0.25) is 4.57 Å². The van der Waals surface area contributed by atoms with E-state index in [1.807, 2.05) is 30.3 Å². The van der Waals surface area contributed by atoms with Gasteiger partial charge in [-0.05, 0) is 12.5 Å². The van der Waals surface area contributed by atoms with Crippen LogP contribution in [0.1, 0.15) is 18.7 Å². The smallest absolute Gasteiger partial charge is 0.407 e. The fourth-order valence-electron chi connectivity index (χ4n) is 3.40. The van der Waals surface area contributed by atoms with Gasteiger partial charge in [0.25, 0.3) is 0 Å². The number of carbonyl (C=O) groups excluding carboxylic acids is 1. The summed E-state index contributed by atoms with van der Waals surface area (Å²) in [7, 11) is 0. The maximum Gasteiger partial charge on any atom is 0.407 e. The predicted molar refractivity (Wildman–Crippen MR) is 110 cm³/mol. The zero-order chi connectivity index (χ0) is 21.8. The molecule has 3 heterocycles. The summed E-state index contributed by atoms with van der Waals surface area (Å²) in [5, 5.41) is 26.6. The summed E-state index contributed by atoms with van der Waals surface area (Å²) in [5.41, 5.74) is 2.03. The number of amides is 1. The van der Waals surface area contributed by atoms with Crippen molar-refractivity contribution in [2.45, 2.75) is 38.0 Å². The van der Waals surface area contributed by atoms with E-state index in [4.69, 9.17) is 9.47 Å². The second kappa shape index (κ2) is 9.25. The molecule has 11 heteroatoms. The zero-order valence-corrected chi connectivity index (χ0v) is 16.9. The fraction of sp³-hybridized carbons (Fsp3) is 0.400. The van der Waals surface area contributed by atoms with E-state index in [1.165, 1.54) is 17.2 Å². The van der Waals surface area contributed by atoms with Crippen LogP contribution < -0.4 is 10.6 Å². The van der Waals surface area contributed by atoms with Crippen LogP contribution in [0.4, 0.5) is 10.6 Å². The average molecular weight is 428 g/mol. The second-order valence-corrected chi connectivity index (χ2v) is 7.06. The van der Waals surface area contributed by atoms with Crippen LogP contribution in [0, 0.1) is 0 Å². The topological polar surface area (TPSA) is 144 Å². The molecule has 0 aliphatic carbocycles. The summed E-state index contributed by atoms with van der Waals surface area (Å²) in [4.78, 5) is 24.4. The molecule has 1 unspecified atom stereocenters. The number of rotatable bonds is 7. The van der Waals surface area contributed by atoms with Crippen LogP contribution >= 0.6 is 0 Å². The highest BCUT2D eigenvalue weighted by atomic mass is 16.6. The van der Waals surface area contributed by atoms with Gasteiger partial charge < -0.3 is 30.3 Å². The van der Waals surface area contributed by atoms with Crippen LogP contribution in [-0.4, -0.2) is 67.3 Å². The first-order valence-corrected chi connectivity index (χ1v) is 9.96. The SMILES string of the molecule is CCNC(=O)OC[C@H]1OC(n2cnc3c(NCc4ccccc4)ncnc32)[C@H](O)[C@@H]1O. The number of imidazole rings is 1. The molecule has 2 aromatic heterocycles. The number of anilines is 1. The highest BCUT2D eigenvalue weighted by Gasteiger charge is 2.45. The van der Waals surface area contributed by atoms with E-state index < -0.39 is 30.6 Å². The Morgan fingerprint density at radius 1 is 1.19 bits per heavy atom. The van der Waals surface area contributed by atoms with Crippen molar-refractivity contribution in [1.82, 2.24) is 24.8 Å². The lowest BCUT2D eigenvalue weighted by atomic mass is 10.1. The molecule has 4 N–H and O–H groups in total. The lowest BCUT2D eigenvalue weighted by molar-refractivity contribution is -0.0532. The molecule has 164 valence electrons. The molecule has 1 aromatic carbocycles. The molecule has 1 saturated heterocycles. The van der Waals surface area contributed by atoms with E-state index >= 15 is 0 Å². The summed E-state index contributed by atoms with van der Waals surface area (Å²) in [5.74, 6) is 0.539. The predicted octanol–water partition coefficient (Wildman–Crippen LogP) is 0.804. The van der Waals surface area contributed by atoms with Gasteiger partial charge in [-0.15, -0.1) is 0 Å². The molecule has 31 heavy (non-hydrogen) atoms. The van der Waals surface area contributed by atoms with Gasteiger partial charge in [-0.1, -0.05) is 30.3 Å². The maximum atomic E-state index is 11.5. The monoisotopic (exact) mass is 428 g/mol. The van der Waals surface area contributed by atoms with Gasteiger partial charge in [0, 0.05) is 13.1 Å². The molecule has 4 atom stereocenters. The van der Waals surface area contributed by atoms with E-state index in [0.717, 1.165) is 5.56 Å². The number of nitrogens with zero attached hydrogens (tertiary/aromatic N) is 4. The first-order chi connectivity index (χ1) is 15.1. The van der Waals surface area contributed by atoms with E-state index in [0.29, 0.717) is 30.1 Å². The number of aliphatic hydroxyl groups is 2. The Bertz CT molecular complexity index is 1030. The lowest BCUT2D eigenvalue weighted by Crippen LogP contribution is -2.35. The van der Waals surface area contributed by atoms with E-state index in [-0.39, 0.29) is 6.61 Å². The van der Waals surface area contributed by atoms with Gasteiger partial charge in [0.15, 0.2) is 23.2 Å². The molecule has 3 aromatic rings. The molecular formula is C20H24N6O5. The first kappa shape index (κ1) is 21.0. The van der Waals surface area contributed by atoms with Crippen molar-refractivity contribution in [2.24, 2.45) is 0 Å². The van der Waals surface area contributed by atoms with Crippen molar-refractivity contribution in [3.05, 3.63) is 48.5 Å². The minimum absolute atomic E-state index is 0.202. The Balaban J connectivity index is 1.50. The van der Waals surface area contributed by atoms with Crippen molar-refractivity contribution < 1.29 is 24.5 Å². The minimum Gasteiger partial charge on any atom is -0.447 e. The van der Waals surface area contributed by atoms with E-state index in [9.17, 15) is 15.0 Å². The van der Waals surface area contributed by atoms with Crippen LogP contribution in [0.25, 0.3) is 11.2 Å². The molecule has 0 radical (unpaired) electrons. The Labute approximate surface area is 178 Å². The second-order valence-electron chi connectivity index (χ2n) is 7.06. The van der Waals surface area contributed by atoms with E-state index in [1.54, 1.807) is 6.92 Å². The number of hydrogen-bond donors (Lipinski definition) is 4. The quantitative estimate of drug-likeness (QED) is 0.429. The molecule has 1 aliphatic rings. The van der Waals surface area contributed by atoms with E-state index in [2.05, 4.69) is 25.6 Å². The van der Waals surface area contributed by atoms with Gasteiger partial charge >= 0.3 is 6.09 Å². The molecule has 0 spiro atoms. The number of benzene rings is 1. The normalized spacial score (nSPS) is 23.1. The molecule has 1 fully saturated rings. The number of nitrogens with one attached hydrogen (secondary N) is 2. The van der Waals surface area contributed by atoms with Crippen LogP contribution in [0.3, 0.4) is 0 Å². The zero-order valence-electron chi connectivity index (χ0n) is 16.9. The van der Waals surface area contributed by atoms with Crippen molar-refractivity contribution >= 4 is 23.1 Å². The molecule has 4 rings (SSSR count). The molecule has 0 bridgehead atoms. The summed E-state index contributed by atoms with van der Waals surface area (Å²) in [6.45, 7) is 2.53. The number of aromatic nitrogens is 4. The fourth-order valence-corrected chi connectivity index (χ4v) is 3.40. The van der Waals surface area contributed by atoms with Crippen molar-refractivity contribution in [3.8, 4) is 0 Å². The summed E-state index contributed by atoms with van der Waals surface area (Å²) in [6, 6.07) is 9.85. The number of aliphatic hydroxyl groups excluding tert-OH is 2. The molecule has 11 nitrogen and oxygen atoms in total. The third kappa shape index (κ3) is 4.43. The van der Waals surface area contributed by atoms with Crippen LogP contribution in [0.2, 0.25) is 0 Å². The van der Waals surface area contributed by atoms with Crippen LogP contribution in [-0.2, 0) is 16.0 Å². The largest absolute Gasteiger partial charge is 0.447 e. The Morgan fingerprint density at radius 3 is 2.77 bits per heavy atom. The molecule has 1 amide bonds. The minimum atomic E-state index is -1.25. The lowest BCUT2D eigenvalue weighted by Gasteiger charge is -2.16. The molecular weight excluding hydrogens is 404 g/mol. The Morgan fingerprint density at radius 2 is 2.00 bits per heavy atom. The van der Waals surface area contributed by atoms with Gasteiger partial charge in [-0.2, -0.15) is 0 Å². The van der Waals surface area contributed by atoms with Gasteiger partial charge in [0.1, 0.15) is 31.2 Å². The van der Waals surface area contributed by atoms with Crippen molar-refractivity contribution in [1.29, 1.82) is 0 Å². The molecule has 1 aliphatic heterocycles. The summed E-state index contributed by atoms with van der Waals surface area (Å²) >= 11 is 0. The number of ether oxygens (including phenoxy) is 2. The standard InChI is InChI=1S/C20H24N6O5/c1-2-21-20(29)30-9-13-15(27)16(28)19(31-13)26-11-25-14-17(23-10-24-18(14)26)22-8-12-6-4-3-5-7-12/h3-7,10-11,13,15-16,19,27-28H,2,8-9H2,1H3,(H,21,29)(H,22,23,24)/t13-,15-,16-,19?/m1/s1. The third-order valence-electron chi connectivity index (χ3n) is 4.97. The Kier molecular flexibility index (Phi) is 6.26. The highest BCUT2D eigenvalue weighted by Crippen LogP contribution is 2.32. The van der Waals surface area contributed by atoms with Crippen LogP contribution in [0.5, 0.6) is 0 Å². The van der Waals surface area contributed by atoms with Gasteiger partial charge in [0.05, 0.1) is 6.33 Å². The average Bonchev–Trinajstić information content (AvgIpc) is 3.33. The summed E-state index contributed by atoms with van der Waals surface area (Å²) < 4.78 is 12.3. The first-order valence-electron chi connectivity index (χ1n) is 9.96. The van der Waals surface area contributed by atoms with Gasteiger partial charge in [0.2, 0.25) is 0 Å². The third-order valence-corrected chi connectivity index (χ3v) is 4.97. The van der Waals surface area contributed by atoms with Crippen molar-refractivity contribution in [3.63, 3.8) is 0 Å².